The average Bonchev–Trinajstić information content (AvgIpc) is 2.86. The van der Waals surface area contributed by atoms with Crippen LogP contribution in [0.4, 0.5) is 18.9 Å². The molecule has 1 aliphatic heterocycles. The van der Waals surface area contributed by atoms with Gasteiger partial charge in [0, 0.05) is 48.8 Å². The molecule has 0 saturated carbocycles. The summed E-state index contributed by atoms with van der Waals surface area (Å²) in [7, 11) is 1.35. The second-order valence-electron chi connectivity index (χ2n) is 12.7. The molecule has 0 atom stereocenters. The molecular formula is C31H29F3INO7. The Morgan fingerprint density at radius 2 is 1.49 bits per heavy atom. The number of nitrogens with zero attached hydrogens (tertiary/aromatic N) is 1. The first-order valence-electron chi connectivity index (χ1n) is 13.5. The molecule has 12 heteroatoms. The Labute approximate surface area is 259 Å². The van der Waals surface area contributed by atoms with Crippen LogP contribution in [0.3, 0.4) is 0 Å². The zero-order valence-corrected chi connectivity index (χ0v) is 26.3. The van der Waals surface area contributed by atoms with E-state index in [0.29, 0.717) is 56.8 Å². The van der Waals surface area contributed by atoms with E-state index in [1.165, 1.54) is 7.11 Å². The smallest absolute Gasteiger partial charge is 0.416 e. The Balaban J connectivity index is 1.64. The van der Waals surface area contributed by atoms with E-state index in [9.17, 15) is 32.9 Å². The van der Waals surface area contributed by atoms with Gasteiger partial charge in [-0.15, -0.1) is 0 Å². The summed E-state index contributed by atoms with van der Waals surface area (Å²) >= 11 is 1.94. The van der Waals surface area contributed by atoms with Gasteiger partial charge in [0.1, 0.15) is 11.5 Å². The summed E-state index contributed by atoms with van der Waals surface area (Å²) in [6.07, 6.45) is -3.19. The van der Waals surface area contributed by atoms with E-state index in [0.717, 1.165) is 6.07 Å². The van der Waals surface area contributed by atoms with Crippen LogP contribution in [0, 0.1) is 24.5 Å². The molecule has 0 spiro atoms. The lowest BCUT2D eigenvalue weighted by atomic mass is 9.65. The zero-order valence-electron chi connectivity index (χ0n) is 24.1. The van der Waals surface area contributed by atoms with E-state index < -0.39 is 34.0 Å². The van der Waals surface area contributed by atoms with Gasteiger partial charge in [-0.1, -0.05) is 27.7 Å². The maximum Gasteiger partial charge on any atom is 0.416 e. The van der Waals surface area contributed by atoms with Crippen LogP contribution in [0.5, 0.6) is 17.2 Å². The summed E-state index contributed by atoms with van der Waals surface area (Å²) in [5.74, 6) is -0.0998. The number of carbonyl (C=O) groups excluding carboxylic acids is 2. The molecule has 8 nitrogen and oxygen atoms in total. The summed E-state index contributed by atoms with van der Waals surface area (Å²) in [6, 6.07) is 5.30. The highest BCUT2D eigenvalue weighted by Crippen LogP contribution is 2.54. The van der Waals surface area contributed by atoms with Crippen molar-refractivity contribution in [2.45, 2.75) is 65.5 Å². The van der Waals surface area contributed by atoms with Gasteiger partial charge in [-0.3, -0.25) is 19.7 Å². The number of Topliss-reactive ketones (excluding diaryl/α,β-unsaturated/α-hetero) is 2. The molecule has 2 aromatic carbocycles. The molecule has 2 aromatic rings. The second-order valence-corrected chi connectivity index (χ2v) is 13.8. The summed E-state index contributed by atoms with van der Waals surface area (Å²) in [5.41, 5.74) is -1.28. The van der Waals surface area contributed by atoms with Crippen molar-refractivity contribution in [1.29, 1.82) is 0 Å². The topological polar surface area (TPSA) is 105 Å². The highest BCUT2D eigenvalue weighted by Gasteiger charge is 2.48. The molecule has 0 unspecified atom stereocenters. The van der Waals surface area contributed by atoms with E-state index >= 15 is 0 Å². The molecule has 0 radical (unpaired) electrons. The summed E-state index contributed by atoms with van der Waals surface area (Å²) in [6.45, 7) is 7.97. The number of carbonyl (C=O) groups is 2. The minimum atomic E-state index is -4.78. The lowest BCUT2D eigenvalue weighted by Crippen LogP contribution is -2.37. The Hall–Kier alpha value is -3.42. The van der Waals surface area contributed by atoms with Crippen molar-refractivity contribution in [3.63, 3.8) is 0 Å². The Bertz CT molecular complexity index is 1590. The molecule has 43 heavy (non-hydrogen) atoms. The number of ketones is 2. The Morgan fingerprint density at radius 3 is 1.98 bits per heavy atom. The maximum atomic E-state index is 13.6. The number of alkyl halides is 3. The van der Waals surface area contributed by atoms with Gasteiger partial charge in [-0.05, 0) is 63.2 Å². The number of ether oxygens (including phenoxy) is 3. The van der Waals surface area contributed by atoms with Gasteiger partial charge >= 0.3 is 11.9 Å². The molecule has 228 valence electrons. The highest BCUT2D eigenvalue weighted by atomic mass is 127. The first kappa shape index (κ1) is 31.0. The predicted molar refractivity (Wildman–Crippen MR) is 158 cm³/mol. The van der Waals surface area contributed by atoms with Crippen molar-refractivity contribution in [2.75, 3.05) is 7.11 Å². The molecule has 3 aliphatic rings. The lowest BCUT2D eigenvalue weighted by Gasteiger charge is -2.42. The molecular weight excluding hydrogens is 682 g/mol. The molecule has 2 aliphatic carbocycles. The third-order valence-electron chi connectivity index (χ3n) is 7.86. The van der Waals surface area contributed by atoms with Crippen LogP contribution >= 0.6 is 22.6 Å². The monoisotopic (exact) mass is 711 g/mol. The number of rotatable bonds is 5. The number of nitro benzene ring substituents is 1. The standard InChI is InChI=1S/C31H29F3INO7/c1-29(2)11-19(37)26-23(13-29)42-24-14-30(3,4)12-20(38)27(24)25(26)15-8-17(35)28(22(9-15)41-5)43-21-7-6-16(31(32,33)34)10-18(21)36(39)40/h6-10,25H,11-14H2,1-5H3. The third kappa shape index (κ3) is 5.89. The minimum Gasteiger partial charge on any atom is -0.493 e. The van der Waals surface area contributed by atoms with E-state index in [1.807, 2.05) is 50.3 Å². The molecule has 5 rings (SSSR count). The van der Waals surface area contributed by atoms with Crippen molar-refractivity contribution < 1.29 is 41.9 Å². The number of methoxy groups -OCH3 is 1. The summed E-state index contributed by atoms with van der Waals surface area (Å²) in [5, 5.41) is 11.7. The van der Waals surface area contributed by atoms with Gasteiger partial charge in [0.05, 0.1) is 21.2 Å². The van der Waals surface area contributed by atoms with Crippen LogP contribution in [0.2, 0.25) is 0 Å². The zero-order chi connectivity index (χ0) is 31.6. The minimum absolute atomic E-state index is 0.0392. The number of hydrogen-bond donors (Lipinski definition) is 0. The fourth-order valence-electron chi connectivity index (χ4n) is 6.05. The summed E-state index contributed by atoms with van der Waals surface area (Å²) < 4.78 is 57.8. The molecule has 0 bridgehead atoms. The molecule has 0 saturated heterocycles. The lowest BCUT2D eigenvalue weighted by molar-refractivity contribution is -0.385. The van der Waals surface area contributed by atoms with Crippen molar-refractivity contribution in [3.8, 4) is 17.2 Å². The SMILES string of the molecule is COc1cc(C2C3=C(CC(C)(C)CC3=O)OC3=C2C(=O)CC(C)(C)C3)cc(I)c1Oc1ccc(C(F)(F)F)cc1[N+](=O)[O-]. The van der Waals surface area contributed by atoms with E-state index in [4.69, 9.17) is 14.2 Å². The first-order chi connectivity index (χ1) is 19.9. The van der Waals surface area contributed by atoms with Crippen LogP contribution in [0.25, 0.3) is 0 Å². The molecule has 0 N–H and O–H groups in total. The fraction of sp³-hybridized carbons (Fsp3) is 0.419. The average molecular weight is 711 g/mol. The number of nitro groups is 1. The number of benzene rings is 2. The second kappa shape index (κ2) is 10.6. The summed E-state index contributed by atoms with van der Waals surface area (Å²) in [4.78, 5) is 37.9. The van der Waals surface area contributed by atoms with Crippen molar-refractivity contribution in [2.24, 2.45) is 10.8 Å². The Kier molecular flexibility index (Phi) is 7.67. The van der Waals surface area contributed by atoms with Crippen LogP contribution in [-0.4, -0.2) is 23.6 Å². The number of hydrogen-bond acceptors (Lipinski definition) is 7. The maximum absolute atomic E-state index is 13.6. The number of halogens is 4. The van der Waals surface area contributed by atoms with Crippen LogP contribution in [-0.2, 0) is 20.5 Å². The number of allylic oxidation sites excluding steroid dienone is 4. The predicted octanol–water partition coefficient (Wildman–Crippen LogP) is 8.42. The van der Waals surface area contributed by atoms with Crippen LogP contribution in [0.1, 0.15) is 70.4 Å². The molecule has 1 heterocycles. The molecule has 0 fully saturated rings. The van der Waals surface area contributed by atoms with Gasteiger partial charge < -0.3 is 14.2 Å². The van der Waals surface area contributed by atoms with Gasteiger partial charge in [0.25, 0.3) is 0 Å². The van der Waals surface area contributed by atoms with Gasteiger partial charge in [0.15, 0.2) is 23.1 Å². The Morgan fingerprint density at radius 1 is 0.930 bits per heavy atom. The van der Waals surface area contributed by atoms with E-state index in [2.05, 4.69) is 0 Å². The van der Waals surface area contributed by atoms with Crippen LogP contribution in [0.15, 0.2) is 53.0 Å². The van der Waals surface area contributed by atoms with E-state index in [1.54, 1.807) is 12.1 Å². The third-order valence-corrected chi connectivity index (χ3v) is 8.66. The van der Waals surface area contributed by atoms with Gasteiger partial charge in [-0.25, -0.2) is 0 Å². The normalized spacial score (nSPS) is 19.9. The van der Waals surface area contributed by atoms with Crippen LogP contribution < -0.4 is 9.47 Å². The fourth-order valence-corrected chi connectivity index (χ4v) is 6.78. The highest BCUT2D eigenvalue weighted by molar-refractivity contribution is 14.1. The molecule has 0 aromatic heterocycles. The van der Waals surface area contributed by atoms with E-state index in [-0.39, 0.29) is 46.7 Å². The van der Waals surface area contributed by atoms with Gasteiger partial charge in [0.2, 0.25) is 5.75 Å². The van der Waals surface area contributed by atoms with Crippen molar-refractivity contribution >= 4 is 39.8 Å². The van der Waals surface area contributed by atoms with Crippen molar-refractivity contribution in [1.82, 2.24) is 0 Å². The first-order valence-corrected chi connectivity index (χ1v) is 14.6. The van der Waals surface area contributed by atoms with Gasteiger partial charge in [-0.2, -0.15) is 13.2 Å². The molecule has 0 amide bonds. The quantitative estimate of drug-likeness (QED) is 0.174. The largest absolute Gasteiger partial charge is 0.493 e. The van der Waals surface area contributed by atoms with Crippen molar-refractivity contribution in [3.05, 3.63) is 77.8 Å².